The molecule has 1 fully saturated rings. The lowest BCUT2D eigenvalue weighted by Crippen LogP contribution is -2.48. The molecular weight excluding hydrogens is 394 g/mol. The van der Waals surface area contributed by atoms with Crippen molar-refractivity contribution < 1.29 is 19.1 Å². The highest BCUT2D eigenvalue weighted by atomic mass is 16.5. The number of hydrogen-bond acceptors (Lipinski definition) is 5. The standard InChI is InChI=1S/C24H29N3O4/c1-27-22(15-8-7-11-25-14-15)21(23(28)26-16-9-5-4-6-10-16)17-12-19(30-2)20(31-3)13-18(17)24(27)29/h7-8,11-14,16,21-22H,4-6,9-10H2,1-3H3,(H,26,28)/t21-,22+/m0/s1. The van der Waals surface area contributed by atoms with Crippen LogP contribution in [0.15, 0.2) is 36.7 Å². The zero-order valence-corrected chi connectivity index (χ0v) is 18.3. The SMILES string of the molecule is COc1cc2c(cc1OC)[C@H](C(=O)NC1CCCCC1)[C@@H](c1cccnc1)N(C)C2=O. The van der Waals surface area contributed by atoms with Gasteiger partial charge in [0.05, 0.1) is 26.2 Å². The number of benzene rings is 1. The van der Waals surface area contributed by atoms with E-state index in [4.69, 9.17) is 9.47 Å². The van der Waals surface area contributed by atoms with Gasteiger partial charge in [-0.1, -0.05) is 25.3 Å². The van der Waals surface area contributed by atoms with E-state index < -0.39 is 12.0 Å². The fraction of sp³-hybridized carbons (Fsp3) is 0.458. The number of nitrogens with one attached hydrogen (secondary N) is 1. The third-order valence-corrected chi connectivity index (χ3v) is 6.43. The van der Waals surface area contributed by atoms with Crippen molar-refractivity contribution in [2.75, 3.05) is 21.3 Å². The first kappa shape index (κ1) is 21.2. The average Bonchev–Trinajstić information content (AvgIpc) is 2.81. The average molecular weight is 424 g/mol. The smallest absolute Gasteiger partial charge is 0.254 e. The van der Waals surface area contributed by atoms with Crippen LogP contribution in [0.5, 0.6) is 11.5 Å². The fourth-order valence-corrected chi connectivity index (χ4v) is 4.84. The number of likely N-dealkylation sites (N-methyl/N-ethyl adjacent to an activating group) is 1. The normalized spacial score (nSPS) is 21.4. The Balaban J connectivity index is 1.82. The molecule has 2 aliphatic rings. The van der Waals surface area contributed by atoms with Crippen LogP contribution < -0.4 is 14.8 Å². The van der Waals surface area contributed by atoms with E-state index in [9.17, 15) is 9.59 Å². The maximum atomic E-state index is 13.7. The van der Waals surface area contributed by atoms with Gasteiger partial charge in [0.2, 0.25) is 5.91 Å². The minimum absolute atomic E-state index is 0.0754. The van der Waals surface area contributed by atoms with E-state index in [0.717, 1.165) is 31.2 Å². The lowest BCUT2D eigenvalue weighted by Gasteiger charge is -2.40. The van der Waals surface area contributed by atoms with Crippen LogP contribution in [0.4, 0.5) is 0 Å². The summed E-state index contributed by atoms with van der Waals surface area (Å²) in [6.07, 6.45) is 8.86. The molecule has 0 saturated heterocycles. The number of nitrogens with zero attached hydrogens (tertiary/aromatic N) is 2. The molecule has 1 N–H and O–H groups in total. The Hall–Kier alpha value is -3.09. The Bertz CT molecular complexity index is 957. The summed E-state index contributed by atoms with van der Waals surface area (Å²) in [5.74, 6) is 0.150. The summed E-state index contributed by atoms with van der Waals surface area (Å²) >= 11 is 0. The van der Waals surface area contributed by atoms with Crippen molar-refractivity contribution in [3.63, 3.8) is 0 Å². The minimum atomic E-state index is -0.580. The molecule has 1 aromatic carbocycles. The first-order valence-electron chi connectivity index (χ1n) is 10.8. The molecule has 1 aromatic heterocycles. The van der Waals surface area contributed by atoms with Crippen LogP contribution in [-0.2, 0) is 4.79 Å². The Morgan fingerprint density at radius 1 is 1.13 bits per heavy atom. The topological polar surface area (TPSA) is 80.8 Å². The number of pyridine rings is 1. The Kier molecular flexibility index (Phi) is 6.11. The first-order valence-corrected chi connectivity index (χ1v) is 10.8. The zero-order valence-electron chi connectivity index (χ0n) is 18.3. The number of aromatic nitrogens is 1. The predicted molar refractivity (Wildman–Crippen MR) is 116 cm³/mol. The largest absolute Gasteiger partial charge is 0.493 e. The van der Waals surface area contributed by atoms with Gasteiger partial charge in [-0.15, -0.1) is 0 Å². The van der Waals surface area contributed by atoms with E-state index in [2.05, 4.69) is 10.3 Å². The van der Waals surface area contributed by atoms with E-state index >= 15 is 0 Å². The summed E-state index contributed by atoms with van der Waals surface area (Å²) < 4.78 is 10.9. The number of hydrogen-bond donors (Lipinski definition) is 1. The van der Waals surface area contributed by atoms with Gasteiger partial charge in [-0.3, -0.25) is 14.6 Å². The molecule has 2 atom stereocenters. The molecule has 164 valence electrons. The second-order valence-electron chi connectivity index (χ2n) is 8.26. The van der Waals surface area contributed by atoms with E-state index in [1.54, 1.807) is 43.6 Å². The van der Waals surface area contributed by atoms with Crippen LogP contribution in [-0.4, -0.2) is 49.0 Å². The summed E-state index contributed by atoms with van der Waals surface area (Å²) in [6, 6.07) is 6.89. The van der Waals surface area contributed by atoms with Crippen molar-refractivity contribution in [1.82, 2.24) is 15.2 Å². The van der Waals surface area contributed by atoms with Gasteiger partial charge in [0.1, 0.15) is 0 Å². The van der Waals surface area contributed by atoms with Gasteiger partial charge in [-0.25, -0.2) is 0 Å². The summed E-state index contributed by atoms with van der Waals surface area (Å²) in [7, 11) is 4.82. The van der Waals surface area contributed by atoms with Crippen LogP contribution in [0.3, 0.4) is 0 Å². The Morgan fingerprint density at radius 3 is 2.48 bits per heavy atom. The molecule has 4 rings (SSSR count). The molecule has 0 radical (unpaired) electrons. The van der Waals surface area contributed by atoms with Gasteiger partial charge in [0.25, 0.3) is 5.91 Å². The van der Waals surface area contributed by atoms with Gasteiger partial charge in [0.15, 0.2) is 11.5 Å². The van der Waals surface area contributed by atoms with E-state index in [-0.39, 0.29) is 17.9 Å². The summed E-state index contributed by atoms with van der Waals surface area (Å²) in [4.78, 5) is 32.8. The van der Waals surface area contributed by atoms with Crippen molar-refractivity contribution in [2.45, 2.75) is 50.1 Å². The Morgan fingerprint density at radius 2 is 1.84 bits per heavy atom. The number of rotatable bonds is 5. The first-order chi connectivity index (χ1) is 15.0. The van der Waals surface area contributed by atoms with Crippen LogP contribution in [0.25, 0.3) is 0 Å². The summed E-state index contributed by atoms with van der Waals surface area (Å²) in [5, 5.41) is 3.26. The zero-order chi connectivity index (χ0) is 22.0. The van der Waals surface area contributed by atoms with Gasteiger partial charge in [0, 0.05) is 31.0 Å². The maximum absolute atomic E-state index is 13.7. The number of carbonyl (C=O) groups excluding carboxylic acids is 2. The maximum Gasteiger partial charge on any atom is 0.254 e. The number of amides is 2. The van der Waals surface area contributed by atoms with Crippen molar-refractivity contribution in [2.24, 2.45) is 0 Å². The molecule has 0 spiro atoms. The molecule has 1 saturated carbocycles. The number of fused-ring (bicyclic) bond motifs is 1. The lowest BCUT2D eigenvalue weighted by atomic mass is 9.79. The highest BCUT2D eigenvalue weighted by molar-refractivity contribution is 6.02. The van der Waals surface area contributed by atoms with Crippen LogP contribution >= 0.6 is 0 Å². The monoisotopic (exact) mass is 423 g/mol. The molecule has 1 aliphatic heterocycles. The number of carbonyl (C=O) groups is 2. The molecule has 0 bridgehead atoms. The minimum Gasteiger partial charge on any atom is -0.493 e. The van der Waals surface area contributed by atoms with Crippen molar-refractivity contribution >= 4 is 11.8 Å². The number of ether oxygens (including phenoxy) is 2. The third kappa shape index (κ3) is 3.96. The van der Waals surface area contributed by atoms with Gasteiger partial charge in [-0.05, 0) is 42.2 Å². The third-order valence-electron chi connectivity index (χ3n) is 6.43. The highest BCUT2D eigenvalue weighted by Gasteiger charge is 2.44. The summed E-state index contributed by atoms with van der Waals surface area (Å²) in [5.41, 5.74) is 1.94. The highest BCUT2D eigenvalue weighted by Crippen LogP contribution is 2.45. The molecule has 7 heteroatoms. The van der Waals surface area contributed by atoms with Crippen LogP contribution in [0.1, 0.15) is 65.5 Å². The molecule has 1 aliphatic carbocycles. The van der Waals surface area contributed by atoms with Crippen molar-refractivity contribution in [3.8, 4) is 11.5 Å². The second-order valence-corrected chi connectivity index (χ2v) is 8.26. The van der Waals surface area contributed by atoms with Crippen molar-refractivity contribution in [3.05, 3.63) is 53.3 Å². The van der Waals surface area contributed by atoms with Gasteiger partial charge in [-0.2, -0.15) is 0 Å². The van der Waals surface area contributed by atoms with E-state index in [1.165, 1.54) is 13.5 Å². The van der Waals surface area contributed by atoms with Gasteiger partial charge >= 0.3 is 0 Å². The Labute approximate surface area is 182 Å². The van der Waals surface area contributed by atoms with Crippen LogP contribution in [0, 0.1) is 0 Å². The van der Waals surface area contributed by atoms with E-state index in [0.29, 0.717) is 22.6 Å². The molecule has 31 heavy (non-hydrogen) atoms. The quantitative estimate of drug-likeness (QED) is 0.797. The fourth-order valence-electron chi connectivity index (χ4n) is 4.84. The summed E-state index contributed by atoms with van der Waals surface area (Å²) in [6.45, 7) is 0. The van der Waals surface area contributed by atoms with Crippen molar-refractivity contribution in [1.29, 1.82) is 0 Å². The number of methoxy groups -OCH3 is 2. The van der Waals surface area contributed by atoms with Gasteiger partial charge < -0.3 is 19.7 Å². The predicted octanol–water partition coefficient (Wildman–Crippen LogP) is 3.46. The molecule has 0 unspecified atom stereocenters. The molecule has 2 heterocycles. The molecular formula is C24H29N3O4. The second kappa shape index (κ2) is 8.96. The van der Waals surface area contributed by atoms with E-state index in [1.807, 2.05) is 12.1 Å². The molecule has 2 aromatic rings. The molecule has 2 amide bonds. The van der Waals surface area contributed by atoms with Crippen LogP contribution in [0.2, 0.25) is 0 Å². The molecule has 7 nitrogen and oxygen atoms in total. The lowest BCUT2D eigenvalue weighted by molar-refractivity contribution is -0.125.